The van der Waals surface area contributed by atoms with Crippen LogP contribution in [0.3, 0.4) is 0 Å². The maximum absolute atomic E-state index is 12.3. The summed E-state index contributed by atoms with van der Waals surface area (Å²) in [6.07, 6.45) is 0. The van der Waals surface area contributed by atoms with Crippen molar-refractivity contribution in [1.29, 1.82) is 0 Å². The minimum absolute atomic E-state index is 0.152. The monoisotopic (exact) mass is 457 g/mol. The van der Waals surface area contributed by atoms with Crippen molar-refractivity contribution in [2.75, 3.05) is 5.32 Å². The number of amides is 1. The van der Waals surface area contributed by atoms with Gasteiger partial charge in [-0.15, -0.1) is 11.3 Å². The molecule has 0 aliphatic rings. The lowest BCUT2D eigenvalue weighted by Crippen LogP contribution is -2.34. The number of nitrogens with zero attached hydrogens (tertiary/aromatic N) is 1. The number of hydrogen-bond acceptors (Lipinski definition) is 4. The van der Waals surface area contributed by atoms with E-state index in [0.717, 1.165) is 20.8 Å². The molecule has 144 valence electrons. The average Bonchev–Trinajstić information content (AvgIpc) is 3.12. The molecule has 4 aromatic rings. The van der Waals surface area contributed by atoms with Crippen molar-refractivity contribution in [1.82, 2.24) is 10.3 Å². The van der Waals surface area contributed by atoms with Crippen LogP contribution in [0.5, 0.6) is 0 Å². The molecule has 0 saturated carbocycles. The molecular formula is C21H13Cl2N3OS2. The van der Waals surface area contributed by atoms with Crippen LogP contribution in [-0.4, -0.2) is 16.0 Å². The second-order valence-corrected chi connectivity index (χ2v) is 8.32. The lowest BCUT2D eigenvalue weighted by atomic mass is 10.2. The van der Waals surface area contributed by atoms with Crippen molar-refractivity contribution in [3.63, 3.8) is 0 Å². The van der Waals surface area contributed by atoms with Crippen LogP contribution >= 0.6 is 46.8 Å². The number of nitrogens with one attached hydrogen (secondary N) is 2. The molecule has 1 amide bonds. The van der Waals surface area contributed by atoms with Gasteiger partial charge in [-0.2, -0.15) is 0 Å². The van der Waals surface area contributed by atoms with Crippen molar-refractivity contribution in [3.8, 4) is 10.6 Å². The molecule has 0 spiro atoms. The van der Waals surface area contributed by atoms with Crippen molar-refractivity contribution in [2.45, 2.75) is 0 Å². The van der Waals surface area contributed by atoms with E-state index < -0.39 is 0 Å². The summed E-state index contributed by atoms with van der Waals surface area (Å²) in [7, 11) is 0. The largest absolute Gasteiger partial charge is 0.332 e. The molecule has 0 unspecified atom stereocenters. The highest BCUT2D eigenvalue weighted by atomic mass is 35.5. The number of para-hydroxylation sites is 1. The first-order valence-electron chi connectivity index (χ1n) is 8.53. The molecule has 1 aromatic heterocycles. The van der Waals surface area contributed by atoms with E-state index in [4.69, 9.17) is 35.4 Å². The van der Waals surface area contributed by atoms with Crippen LogP contribution in [0.1, 0.15) is 10.4 Å². The van der Waals surface area contributed by atoms with Crippen molar-refractivity contribution in [3.05, 3.63) is 82.3 Å². The molecule has 0 aliphatic heterocycles. The smallest absolute Gasteiger partial charge is 0.258 e. The van der Waals surface area contributed by atoms with Gasteiger partial charge in [0.15, 0.2) is 5.11 Å². The molecule has 1 heterocycles. The Hall–Kier alpha value is -2.51. The van der Waals surface area contributed by atoms with Crippen molar-refractivity contribution < 1.29 is 4.79 Å². The third-order valence-corrected chi connectivity index (χ3v) is 6.01. The molecule has 0 aliphatic carbocycles. The summed E-state index contributed by atoms with van der Waals surface area (Å²) in [6.45, 7) is 0. The molecule has 8 heteroatoms. The van der Waals surface area contributed by atoms with Gasteiger partial charge in [0.05, 0.1) is 25.8 Å². The molecular weight excluding hydrogens is 445 g/mol. The summed E-state index contributed by atoms with van der Waals surface area (Å²) in [5.41, 5.74) is 2.78. The predicted octanol–water partition coefficient (Wildman–Crippen LogP) is 6.40. The van der Waals surface area contributed by atoms with Crippen LogP contribution < -0.4 is 10.6 Å². The molecule has 0 saturated heterocycles. The number of anilines is 1. The summed E-state index contributed by atoms with van der Waals surface area (Å²) in [5, 5.41) is 7.47. The standard InChI is InChI=1S/C21H13Cl2N3OS2/c22-15-6-2-1-5-13(15)19(27)26-21(28)24-12-9-10-14(16(23)11-12)20-25-17-7-3-4-8-18(17)29-20/h1-11H,(H2,24,26,27,28). The summed E-state index contributed by atoms with van der Waals surface area (Å²) < 4.78 is 1.10. The minimum Gasteiger partial charge on any atom is -0.332 e. The highest BCUT2D eigenvalue weighted by Gasteiger charge is 2.13. The second kappa shape index (κ2) is 8.47. The normalized spacial score (nSPS) is 10.7. The van der Waals surface area contributed by atoms with Gasteiger partial charge in [-0.25, -0.2) is 4.98 Å². The summed E-state index contributed by atoms with van der Waals surface area (Å²) in [5.74, 6) is -0.384. The number of aromatic nitrogens is 1. The fourth-order valence-electron chi connectivity index (χ4n) is 2.73. The first-order chi connectivity index (χ1) is 14.0. The summed E-state index contributed by atoms with van der Waals surface area (Å²) in [6, 6.07) is 20.2. The maximum atomic E-state index is 12.3. The Morgan fingerprint density at radius 2 is 1.72 bits per heavy atom. The lowest BCUT2D eigenvalue weighted by Gasteiger charge is -2.11. The molecule has 2 N–H and O–H groups in total. The molecule has 0 fully saturated rings. The Bertz CT molecular complexity index is 1210. The average molecular weight is 458 g/mol. The highest BCUT2D eigenvalue weighted by Crippen LogP contribution is 2.35. The third kappa shape index (κ3) is 4.41. The minimum atomic E-state index is -0.384. The van der Waals surface area contributed by atoms with E-state index in [9.17, 15) is 4.79 Å². The molecule has 4 rings (SSSR count). The first-order valence-corrected chi connectivity index (χ1v) is 10.5. The van der Waals surface area contributed by atoms with Gasteiger partial charge in [-0.1, -0.05) is 47.5 Å². The Labute approximate surface area is 186 Å². The lowest BCUT2D eigenvalue weighted by molar-refractivity contribution is 0.0978. The number of rotatable bonds is 3. The van der Waals surface area contributed by atoms with Crippen LogP contribution in [0.15, 0.2) is 66.7 Å². The number of hydrogen-bond donors (Lipinski definition) is 2. The fraction of sp³-hybridized carbons (Fsp3) is 0. The Morgan fingerprint density at radius 3 is 2.48 bits per heavy atom. The zero-order valence-corrected chi connectivity index (χ0v) is 17.9. The molecule has 0 bridgehead atoms. The predicted molar refractivity (Wildman–Crippen MR) is 125 cm³/mol. The Kier molecular flexibility index (Phi) is 5.78. The second-order valence-electron chi connectivity index (χ2n) is 6.07. The maximum Gasteiger partial charge on any atom is 0.258 e. The number of thiazole rings is 1. The van der Waals surface area contributed by atoms with Crippen molar-refractivity contribution >= 4 is 73.7 Å². The van der Waals surface area contributed by atoms with Gasteiger partial charge in [0.2, 0.25) is 0 Å². The number of carbonyl (C=O) groups is 1. The highest BCUT2D eigenvalue weighted by molar-refractivity contribution is 7.80. The number of fused-ring (bicyclic) bond motifs is 1. The number of carbonyl (C=O) groups excluding carboxylic acids is 1. The van der Waals surface area contributed by atoms with Crippen LogP contribution in [0, 0.1) is 0 Å². The van der Waals surface area contributed by atoms with E-state index in [-0.39, 0.29) is 11.0 Å². The van der Waals surface area contributed by atoms with Gasteiger partial charge < -0.3 is 5.32 Å². The van der Waals surface area contributed by atoms with Gasteiger partial charge in [-0.05, 0) is 54.7 Å². The van der Waals surface area contributed by atoms with Gasteiger partial charge in [-0.3, -0.25) is 10.1 Å². The summed E-state index contributed by atoms with van der Waals surface area (Å²) >= 11 is 19.3. The van der Waals surface area contributed by atoms with E-state index in [1.165, 1.54) is 0 Å². The van der Waals surface area contributed by atoms with Crippen LogP contribution in [0.25, 0.3) is 20.8 Å². The molecule has 4 nitrogen and oxygen atoms in total. The Morgan fingerprint density at radius 1 is 0.966 bits per heavy atom. The number of halogens is 2. The van der Waals surface area contributed by atoms with Crippen LogP contribution in [0.4, 0.5) is 5.69 Å². The molecule has 29 heavy (non-hydrogen) atoms. The SMILES string of the molecule is O=C(NC(=S)Nc1ccc(-c2nc3ccccc3s2)c(Cl)c1)c1ccccc1Cl. The van der Waals surface area contributed by atoms with E-state index in [0.29, 0.717) is 21.3 Å². The molecule has 3 aromatic carbocycles. The fourth-order valence-corrected chi connectivity index (χ4v) is 4.50. The van der Waals surface area contributed by atoms with Gasteiger partial charge in [0, 0.05) is 11.3 Å². The zero-order valence-electron chi connectivity index (χ0n) is 14.8. The van der Waals surface area contributed by atoms with Crippen LogP contribution in [-0.2, 0) is 0 Å². The van der Waals surface area contributed by atoms with Crippen molar-refractivity contribution in [2.24, 2.45) is 0 Å². The van der Waals surface area contributed by atoms with E-state index >= 15 is 0 Å². The van der Waals surface area contributed by atoms with Gasteiger partial charge in [0.25, 0.3) is 5.91 Å². The van der Waals surface area contributed by atoms with Crippen LogP contribution in [0.2, 0.25) is 10.0 Å². The zero-order chi connectivity index (χ0) is 20.4. The number of thiocarbonyl (C=S) groups is 1. The van der Waals surface area contributed by atoms with E-state index in [1.54, 1.807) is 41.7 Å². The Balaban J connectivity index is 1.48. The van der Waals surface area contributed by atoms with Gasteiger partial charge in [0.1, 0.15) is 5.01 Å². The molecule has 0 atom stereocenters. The van der Waals surface area contributed by atoms with Gasteiger partial charge >= 0.3 is 0 Å². The van der Waals surface area contributed by atoms with E-state index in [2.05, 4.69) is 15.6 Å². The quantitative estimate of drug-likeness (QED) is 0.349. The topological polar surface area (TPSA) is 54.0 Å². The third-order valence-electron chi connectivity index (χ3n) is 4.10. The first kappa shape index (κ1) is 19.8. The van der Waals surface area contributed by atoms with E-state index in [1.807, 2.05) is 36.4 Å². The number of benzene rings is 3. The summed E-state index contributed by atoms with van der Waals surface area (Å²) in [4.78, 5) is 16.9. The molecule has 0 radical (unpaired) electrons.